The molecule has 0 amide bonds. The number of thiazole rings is 1. The van der Waals surface area contributed by atoms with E-state index in [0.29, 0.717) is 6.61 Å². The molecule has 1 aliphatic heterocycles. The lowest BCUT2D eigenvalue weighted by Gasteiger charge is -2.23. The molecule has 1 aliphatic rings. The molecule has 128 valence electrons. The molecule has 1 aromatic heterocycles. The molecular weight excluding hydrogens is 344 g/mol. The topological polar surface area (TPSA) is 60.8 Å². The van der Waals surface area contributed by atoms with Crippen LogP contribution in [0.25, 0.3) is 0 Å². The van der Waals surface area contributed by atoms with Crippen molar-refractivity contribution in [3.8, 4) is 0 Å². The van der Waals surface area contributed by atoms with Gasteiger partial charge in [-0.2, -0.15) is 4.91 Å². The van der Waals surface area contributed by atoms with Crippen molar-refractivity contribution in [1.29, 1.82) is 0 Å². The number of rotatable bonds is 5. The summed E-state index contributed by atoms with van der Waals surface area (Å²) in [4.78, 5) is 17.2. The lowest BCUT2D eigenvalue weighted by molar-refractivity contribution is -0.158. The SMILES string of the molecule is CC(N=O)c1ccc(Sc2ncc([C@@]3(C)COC(C)(C)O3)s2)cc1. The van der Waals surface area contributed by atoms with Gasteiger partial charge in [0.05, 0.1) is 11.5 Å². The van der Waals surface area contributed by atoms with E-state index in [4.69, 9.17) is 9.47 Å². The Morgan fingerprint density at radius 3 is 2.58 bits per heavy atom. The van der Waals surface area contributed by atoms with E-state index in [-0.39, 0.29) is 6.04 Å². The van der Waals surface area contributed by atoms with Gasteiger partial charge < -0.3 is 9.47 Å². The quantitative estimate of drug-likeness (QED) is 0.689. The highest BCUT2D eigenvalue weighted by Gasteiger charge is 2.44. The molecule has 0 bridgehead atoms. The highest BCUT2D eigenvalue weighted by molar-refractivity contribution is 8.01. The summed E-state index contributed by atoms with van der Waals surface area (Å²) in [5.74, 6) is -0.564. The Morgan fingerprint density at radius 1 is 1.29 bits per heavy atom. The molecule has 3 rings (SSSR count). The second-order valence-corrected chi connectivity index (χ2v) is 8.82. The third kappa shape index (κ3) is 3.69. The van der Waals surface area contributed by atoms with Crippen molar-refractivity contribution in [1.82, 2.24) is 4.98 Å². The fourth-order valence-corrected chi connectivity index (χ4v) is 4.58. The van der Waals surface area contributed by atoms with E-state index < -0.39 is 11.4 Å². The minimum Gasteiger partial charge on any atom is -0.347 e. The molecule has 2 atom stereocenters. The summed E-state index contributed by atoms with van der Waals surface area (Å²) in [6.07, 6.45) is 1.87. The summed E-state index contributed by atoms with van der Waals surface area (Å²) >= 11 is 3.21. The van der Waals surface area contributed by atoms with Gasteiger partial charge in [-0.25, -0.2) is 4.98 Å². The Balaban J connectivity index is 1.71. The minimum atomic E-state index is -0.564. The molecule has 1 saturated heterocycles. The third-order valence-electron chi connectivity index (χ3n) is 3.90. The smallest absolute Gasteiger partial charge is 0.164 e. The van der Waals surface area contributed by atoms with E-state index in [0.717, 1.165) is 19.7 Å². The normalized spacial score (nSPS) is 24.0. The van der Waals surface area contributed by atoms with Crippen LogP contribution >= 0.6 is 23.1 Å². The van der Waals surface area contributed by atoms with Crippen LogP contribution in [-0.4, -0.2) is 17.4 Å². The predicted octanol–water partition coefficient (Wildman–Crippen LogP) is 5.12. The number of nitrogens with zero attached hydrogens (tertiary/aromatic N) is 2. The van der Waals surface area contributed by atoms with Crippen molar-refractivity contribution in [2.75, 3.05) is 6.61 Å². The van der Waals surface area contributed by atoms with Gasteiger partial charge in [0.25, 0.3) is 0 Å². The molecule has 2 aromatic rings. The van der Waals surface area contributed by atoms with Crippen LogP contribution in [0.1, 0.15) is 44.2 Å². The van der Waals surface area contributed by atoms with Crippen LogP contribution in [0.2, 0.25) is 0 Å². The molecule has 1 unspecified atom stereocenters. The molecule has 0 N–H and O–H groups in total. The Hall–Kier alpha value is -1.28. The summed E-state index contributed by atoms with van der Waals surface area (Å²) in [7, 11) is 0. The zero-order chi connectivity index (χ0) is 17.4. The molecule has 2 heterocycles. The van der Waals surface area contributed by atoms with Crippen LogP contribution in [0.4, 0.5) is 0 Å². The first-order valence-corrected chi connectivity index (χ1v) is 9.35. The molecule has 24 heavy (non-hydrogen) atoms. The van der Waals surface area contributed by atoms with E-state index in [1.807, 2.05) is 51.2 Å². The number of nitroso groups, excluding NO2 is 1. The van der Waals surface area contributed by atoms with Gasteiger partial charge in [0.15, 0.2) is 10.1 Å². The maximum atomic E-state index is 10.6. The Kier molecular flexibility index (Phi) is 4.79. The zero-order valence-corrected chi connectivity index (χ0v) is 15.7. The first-order chi connectivity index (χ1) is 11.3. The predicted molar refractivity (Wildman–Crippen MR) is 95.4 cm³/mol. The van der Waals surface area contributed by atoms with Crippen LogP contribution < -0.4 is 0 Å². The second kappa shape index (κ2) is 6.55. The van der Waals surface area contributed by atoms with Gasteiger partial charge in [-0.3, -0.25) is 0 Å². The molecule has 5 nitrogen and oxygen atoms in total. The molecule has 0 aliphatic carbocycles. The maximum Gasteiger partial charge on any atom is 0.164 e. The van der Waals surface area contributed by atoms with Crippen molar-refractivity contribution in [3.05, 3.63) is 45.8 Å². The molecule has 0 saturated carbocycles. The fraction of sp³-hybridized carbons (Fsp3) is 0.471. The number of hydrogen-bond donors (Lipinski definition) is 0. The van der Waals surface area contributed by atoms with Crippen molar-refractivity contribution in [2.45, 2.75) is 54.4 Å². The standard InChI is InChI=1S/C17H20N2O3S2/c1-11(19-20)12-5-7-13(8-6-12)23-15-18-9-14(24-15)17(4)10-21-16(2,3)22-17/h5-9,11H,10H2,1-4H3/t11?,17-/m1/s1. The first-order valence-electron chi connectivity index (χ1n) is 7.72. The number of benzene rings is 1. The molecule has 7 heteroatoms. The summed E-state index contributed by atoms with van der Waals surface area (Å²) in [5.41, 5.74) is 0.468. The lowest BCUT2D eigenvalue weighted by Crippen LogP contribution is -2.27. The highest BCUT2D eigenvalue weighted by Crippen LogP contribution is 2.42. The maximum absolute atomic E-state index is 10.6. The largest absolute Gasteiger partial charge is 0.347 e. The van der Waals surface area contributed by atoms with Crippen LogP contribution in [-0.2, 0) is 15.1 Å². The van der Waals surface area contributed by atoms with Gasteiger partial charge in [-0.1, -0.05) is 29.1 Å². The van der Waals surface area contributed by atoms with Gasteiger partial charge in [-0.15, -0.1) is 11.3 Å². The van der Waals surface area contributed by atoms with Crippen LogP contribution in [0.5, 0.6) is 0 Å². The highest BCUT2D eigenvalue weighted by atomic mass is 32.2. The fourth-order valence-electron chi connectivity index (χ4n) is 2.56. The average Bonchev–Trinajstić information content (AvgIpc) is 3.12. The van der Waals surface area contributed by atoms with E-state index in [2.05, 4.69) is 10.2 Å². The molecule has 0 spiro atoms. The van der Waals surface area contributed by atoms with Crippen LogP contribution in [0, 0.1) is 4.91 Å². The Bertz CT molecular complexity index is 730. The zero-order valence-electron chi connectivity index (χ0n) is 14.1. The van der Waals surface area contributed by atoms with E-state index in [9.17, 15) is 4.91 Å². The van der Waals surface area contributed by atoms with Gasteiger partial charge in [0.1, 0.15) is 11.6 Å². The number of ether oxygens (including phenoxy) is 2. The van der Waals surface area contributed by atoms with Gasteiger partial charge in [-0.05, 0) is 45.4 Å². The van der Waals surface area contributed by atoms with Crippen LogP contribution in [0.3, 0.4) is 0 Å². The van der Waals surface area contributed by atoms with Gasteiger partial charge >= 0.3 is 0 Å². The molecule has 1 aromatic carbocycles. The molecule has 0 radical (unpaired) electrons. The number of aromatic nitrogens is 1. The summed E-state index contributed by atoms with van der Waals surface area (Å²) < 4.78 is 12.7. The molecular formula is C17H20N2O3S2. The lowest BCUT2D eigenvalue weighted by atomic mass is 10.1. The summed E-state index contributed by atoms with van der Waals surface area (Å²) in [5, 5.41) is 3.05. The van der Waals surface area contributed by atoms with Gasteiger partial charge in [0.2, 0.25) is 0 Å². The van der Waals surface area contributed by atoms with E-state index in [1.165, 1.54) is 0 Å². The van der Waals surface area contributed by atoms with Gasteiger partial charge in [0, 0.05) is 11.1 Å². The van der Waals surface area contributed by atoms with Crippen molar-refractivity contribution in [2.24, 2.45) is 5.18 Å². The van der Waals surface area contributed by atoms with E-state index in [1.54, 1.807) is 30.0 Å². The van der Waals surface area contributed by atoms with Crippen molar-refractivity contribution in [3.63, 3.8) is 0 Å². The average molecular weight is 364 g/mol. The number of hydrogen-bond acceptors (Lipinski definition) is 7. The molecule has 1 fully saturated rings. The van der Waals surface area contributed by atoms with Crippen molar-refractivity contribution >= 4 is 23.1 Å². The Morgan fingerprint density at radius 2 is 2.00 bits per heavy atom. The monoisotopic (exact) mass is 364 g/mol. The summed E-state index contributed by atoms with van der Waals surface area (Å²) in [6, 6.07) is 7.52. The summed E-state index contributed by atoms with van der Waals surface area (Å²) in [6.45, 7) is 8.19. The second-order valence-electron chi connectivity index (χ2n) is 6.46. The first kappa shape index (κ1) is 17.5. The minimum absolute atomic E-state index is 0.321. The van der Waals surface area contributed by atoms with Crippen LogP contribution in [0.15, 0.2) is 44.9 Å². The Labute approximate surface area is 149 Å². The third-order valence-corrected chi connectivity index (χ3v) is 6.22. The van der Waals surface area contributed by atoms with Crippen molar-refractivity contribution < 1.29 is 9.47 Å². The van der Waals surface area contributed by atoms with E-state index >= 15 is 0 Å².